The number of amides is 1. The summed E-state index contributed by atoms with van der Waals surface area (Å²) >= 11 is 0. The van der Waals surface area contributed by atoms with E-state index < -0.39 is 0 Å². The second-order valence-electron chi connectivity index (χ2n) is 7.87. The molecule has 1 saturated heterocycles. The number of aryl methyl sites for hydroxylation is 1. The number of hydrogen-bond donors (Lipinski definition) is 1. The standard InChI is InChI=1S/C23H34N2O/c1-2-19-8-10-21(11-9-19)18-25-16-13-22(14-17-25)23(26)24-15-12-20-6-4-3-5-7-20/h6,8-11,22H,2-5,7,12-18H2,1H3,(H,24,26). The molecule has 2 aliphatic rings. The van der Waals surface area contributed by atoms with Gasteiger partial charge in [0.05, 0.1) is 0 Å². The molecule has 1 fully saturated rings. The fourth-order valence-electron chi connectivity index (χ4n) is 4.11. The van der Waals surface area contributed by atoms with E-state index in [9.17, 15) is 4.79 Å². The van der Waals surface area contributed by atoms with Crippen LogP contribution >= 0.6 is 0 Å². The molecule has 3 nitrogen and oxygen atoms in total. The number of carbonyl (C=O) groups excluding carboxylic acids is 1. The minimum absolute atomic E-state index is 0.203. The van der Waals surface area contributed by atoms with Crippen LogP contribution in [0.2, 0.25) is 0 Å². The van der Waals surface area contributed by atoms with Gasteiger partial charge in [-0.1, -0.05) is 42.8 Å². The Bertz CT molecular complexity index is 597. The summed E-state index contributed by atoms with van der Waals surface area (Å²) in [6.07, 6.45) is 11.6. The summed E-state index contributed by atoms with van der Waals surface area (Å²) in [4.78, 5) is 14.9. The average Bonchev–Trinajstić information content (AvgIpc) is 2.70. The predicted octanol–water partition coefficient (Wildman–Crippen LogP) is 4.47. The maximum atomic E-state index is 12.4. The fraction of sp³-hybridized carbons (Fsp3) is 0.609. The fourth-order valence-corrected chi connectivity index (χ4v) is 4.11. The molecule has 142 valence electrons. The summed E-state index contributed by atoms with van der Waals surface area (Å²) < 4.78 is 0. The van der Waals surface area contributed by atoms with E-state index in [1.165, 1.54) is 36.8 Å². The van der Waals surface area contributed by atoms with E-state index >= 15 is 0 Å². The number of nitrogens with one attached hydrogen (secondary N) is 1. The van der Waals surface area contributed by atoms with Crippen LogP contribution in [0.5, 0.6) is 0 Å². The Morgan fingerprint density at radius 1 is 1.12 bits per heavy atom. The maximum absolute atomic E-state index is 12.4. The molecule has 26 heavy (non-hydrogen) atoms. The van der Waals surface area contributed by atoms with Gasteiger partial charge in [-0.3, -0.25) is 9.69 Å². The number of benzene rings is 1. The second-order valence-corrected chi connectivity index (χ2v) is 7.87. The van der Waals surface area contributed by atoms with Crippen LogP contribution in [-0.2, 0) is 17.8 Å². The zero-order valence-electron chi connectivity index (χ0n) is 16.3. The van der Waals surface area contributed by atoms with Crippen molar-refractivity contribution in [1.82, 2.24) is 10.2 Å². The lowest BCUT2D eigenvalue weighted by atomic mass is 9.95. The highest BCUT2D eigenvalue weighted by Crippen LogP contribution is 2.21. The van der Waals surface area contributed by atoms with Gasteiger partial charge in [-0.15, -0.1) is 0 Å². The topological polar surface area (TPSA) is 32.3 Å². The van der Waals surface area contributed by atoms with E-state index in [-0.39, 0.29) is 11.8 Å². The van der Waals surface area contributed by atoms with Crippen LogP contribution in [0.1, 0.15) is 63.0 Å². The van der Waals surface area contributed by atoms with Gasteiger partial charge >= 0.3 is 0 Å². The quantitative estimate of drug-likeness (QED) is 0.733. The van der Waals surface area contributed by atoms with Gasteiger partial charge < -0.3 is 5.32 Å². The summed E-state index contributed by atoms with van der Waals surface area (Å²) in [6.45, 7) is 6.07. The van der Waals surface area contributed by atoms with E-state index in [4.69, 9.17) is 0 Å². The van der Waals surface area contributed by atoms with Gasteiger partial charge in [-0.05, 0) is 75.6 Å². The molecule has 0 unspecified atom stereocenters. The molecule has 0 saturated carbocycles. The molecule has 0 aromatic heterocycles. The summed E-state index contributed by atoms with van der Waals surface area (Å²) in [6, 6.07) is 8.96. The van der Waals surface area contributed by atoms with Crippen molar-refractivity contribution in [3.63, 3.8) is 0 Å². The summed E-state index contributed by atoms with van der Waals surface area (Å²) in [5.41, 5.74) is 4.32. The number of nitrogens with zero attached hydrogens (tertiary/aromatic N) is 1. The molecule has 1 amide bonds. The van der Waals surface area contributed by atoms with Gasteiger partial charge in [0.25, 0.3) is 0 Å². The largest absolute Gasteiger partial charge is 0.356 e. The summed E-state index contributed by atoms with van der Waals surface area (Å²) in [7, 11) is 0. The van der Waals surface area contributed by atoms with Crippen LogP contribution < -0.4 is 5.32 Å². The first kappa shape index (κ1) is 19.2. The lowest BCUT2D eigenvalue weighted by Crippen LogP contribution is -2.40. The second kappa shape index (κ2) is 9.91. The maximum Gasteiger partial charge on any atom is 0.223 e. The van der Waals surface area contributed by atoms with Crippen molar-refractivity contribution in [1.29, 1.82) is 0 Å². The molecule has 1 aromatic rings. The molecule has 0 bridgehead atoms. The van der Waals surface area contributed by atoms with Crippen molar-refractivity contribution in [2.24, 2.45) is 5.92 Å². The molecule has 1 aliphatic heterocycles. The lowest BCUT2D eigenvalue weighted by molar-refractivity contribution is -0.126. The minimum atomic E-state index is 0.203. The van der Waals surface area contributed by atoms with Gasteiger partial charge in [0.1, 0.15) is 0 Å². The van der Waals surface area contributed by atoms with Gasteiger partial charge in [-0.25, -0.2) is 0 Å². The van der Waals surface area contributed by atoms with Crippen LogP contribution in [0.25, 0.3) is 0 Å². The molecule has 3 heteroatoms. The number of carbonyl (C=O) groups is 1. The van der Waals surface area contributed by atoms with Crippen molar-refractivity contribution < 1.29 is 4.79 Å². The number of piperidine rings is 1. The van der Waals surface area contributed by atoms with Crippen LogP contribution in [0.4, 0.5) is 0 Å². The molecule has 0 radical (unpaired) electrons. The van der Waals surface area contributed by atoms with Crippen molar-refractivity contribution in [3.05, 3.63) is 47.0 Å². The Morgan fingerprint density at radius 2 is 1.85 bits per heavy atom. The van der Waals surface area contributed by atoms with E-state index in [0.29, 0.717) is 0 Å². The van der Waals surface area contributed by atoms with Crippen LogP contribution in [0.3, 0.4) is 0 Å². The van der Waals surface area contributed by atoms with Gasteiger partial charge in [-0.2, -0.15) is 0 Å². The Balaban J connectivity index is 1.35. The number of likely N-dealkylation sites (tertiary alicyclic amines) is 1. The number of allylic oxidation sites excluding steroid dienone is 1. The summed E-state index contributed by atoms with van der Waals surface area (Å²) in [5.74, 6) is 0.474. The molecule has 1 aliphatic carbocycles. The molecular weight excluding hydrogens is 320 g/mol. The minimum Gasteiger partial charge on any atom is -0.356 e. The molecule has 0 atom stereocenters. The third kappa shape index (κ3) is 5.70. The van der Waals surface area contributed by atoms with Crippen molar-refractivity contribution in [3.8, 4) is 0 Å². The monoisotopic (exact) mass is 354 g/mol. The van der Waals surface area contributed by atoms with Crippen molar-refractivity contribution in [2.45, 2.75) is 64.8 Å². The highest BCUT2D eigenvalue weighted by atomic mass is 16.1. The Morgan fingerprint density at radius 3 is 2.50 bits per heavy atom. The first-order valence-corrected chi connectivity index (χ1v) is 10.5. The molecule has 1 N–H and O–H groups in total. The molecule has 0 spiro atoms. The van der Waals surface area contributed by atoms with Crippen LogP contribution in [0, 0.1) is 5.92 Å². The first-order chi connectivity index (χ1) is 12.7. The zero-order valence-corrected chi connectivity index (χ0v) is 16.3. The van der Waals surface area contributed by atoms with Crippen LogP contribution in [0.15, 0.2) is 35.9 Å². The van der Waals surface area contributed by atoms with E-state index in [1.54, 1.807) is 5.57 Å². The molecule has 1 aromatic carbocycles. The molecular formula is C23H34N2O. The molecule has 3 rings (SSSR count). The Labute approximate surface area is 158 Å². The third-order valence-corrected chi connectivity index (χ3v) is 5.93. The lowest BCUT2D eigenvalue weighted by Gasteiger charge is -2.31. The van der Waals surface area contributed by atoms with Crippen molar-refractivity contribution in [2.75, 3.05) is 19.6 Å². The zero-order chi connectivity index (χ0) is 18.2. The normalized spacial score (nSPS) is 19.2. The highest BCUT2D eigenvalue weighted by Gasteiger charge is 2.24. The van der Waals surface area contributed by atoms with Gasteiger partial charge in [0, 0.05) is 19.0 Å². The van der Waals surface area contributed by atoms with Gasteiger partial charge in [0.2, 0.25) is 5.91 Å². The predicted molar refractivity (Wildman–Crippen MR) is 108 cm³/mol. The van der Waals surface area contributed by atoms with E-state index in [2.05, 4.69) is 47.5 Å². The number of hydrogen-bond acceptors (Lipinski definition) is 2. The Kier molecular flexibility index (Phi) is 7.31. The third-order valence-electron chi connectivity index (χ3n) is 5.93. The van der Waals surface area contributed by atoms with Crippen LogP contribution in [-0.4, -0.2) is 30.4 Å². The first-order valence-electron chi connectivity index (χ1n) is 10.5. The highest BCUT2D eigenvalue weighted by molar-refractivity contribution is 5.78. The Hall–Kier alpha value is -1.61. The van der Waals surface area contributed by atoms with Gasteiger partial charge in [0.15, 0.2) is 0 Å². The number of rotatable bonds is 7. The SMILES string of the molecule is CCc1ccc(CN2CCC(C(=O)NCCC3=CCCCC3)CC2)cc1. The average molecular weight is 355 g/mol. The smallest absolute Gasteiger partial charge is 0.223 e. The summed E-state index contributed by atoms with van der Waals surface area (Å²) in [5, 5.41) is 3.18. The van der Waals surface area contributed by atoms with E-state index in [1.807, 2.05) is 0 Å². The van der Waals surface area contributed by atoms with E-state index in [0.717, 1.165) is 51.9 Å². The molecule has 1 heterocycles. The van der Waals surface area contributed by atoms with Crippen molar-refractivity contribution >= 4 is 5.91 Å².